The Hall–Kier alpha value is -2.72. The number of hydrogen-bond acceptors (Lipinski definition) is 3. The number of benzene rings is 1. The van der Waals surface area contributed by atoms with Crippen LogP contribution in [0.5, 0.6) is 0 Å². The van der Waals surface area contributed by atoms with E-state index in [-0.39, 0.29) is 18.3 Å². The molecule has 2 heterocycles. The molecule has 0 saturated heterocycles. The summed E-state index contributed by atoms with van der Waals surface area (Å²) in [4.78, 5) is 17.2. The predicted molar refractivity (Wildman–Crippen MR) is 106 cm³/mol. The van der Waals surface area contributed by atoms with Crippen LogP contribution < -0.4 is 0 Å². The number of ketones is 1. The molecule has 1 unspecified atom stereocenters. The summed E-state index contributed by atoms with van der Waals surface area (Å²) in [5.41, 5.74) is 6.44. The summed E-state index contributed by atoms with van der Waals surface area (Å²) in [6.07, 6.45) is 5.49. The molecule has 1 N–H and O–H groups in total. The molecule has 4 nitrogen and oxygen atoms in total. The standard InChI is InChI=1S/C23H24N2O2/c1-2-25-20-13-17(15-26)14-21(27)22(20)19(12-16-6-4-3-5-7-16)23(25)18-8-10-24-11-9-18/h3-11,17,26H,2,12-15H2,1H3. The van der Waals surface area contributed by atoms with Crippen molar-refractivity contribution in [2.75, 3.05) is 6.61 Å². The van der Waals surface area contributed by atoms with Crippen LogP contribution in [0.1, 0.15) is 40.5 Å². The Bertz CT molecular complexity index is 946. The van der Waals surface area contributed by atoms with Gasteiger partial charge < -0.3 is 9.67 Å². The molecule has 0 radical (unpaired) electrons. The van der Waals surface area contributed by atoms with Gasteiger partial charge in [0.05, 0.1) is 5.69 Å². The highest BCUT2D eigenvalue weighted by Gasteiger charge is 2.33. The number of rotatable bonds is 5. The van der Waals surface area contributed by atoms with E-state index in [0.717, 1.165) is 47.5 Å². The molecule has 4 rings (SSSR count). The van der Waals surface area contributed by atoms with Crippen LogP contribution in [0.25, 0.3) is 11.3 Å². The maximum Gasteiger partial charge on any atom is 0.165 e. The molecule has 0 fully saturated rings. The number of pyridine rings is 1. The fourth-order valence-electron chi connectivity index (χ4n) is 4.27. The molecule has 1 aromatic carbocycles. The maximum absolute atomic E-state index is 13.0. The monoisotopic (exact) mass is 360 g/mol. The lowest BCUT2D eigenvalue weighted by atomic mass is 9.84. The van der Waals surface area contributed by atoms with Gasteiger partial charge in [0.2, 0.25) is 0 Å². The molecular weight excluding hydrogens is 336 g/mol. The number of hydrogen-bond donors (Lipinski definition) is 1. The second-order valence-electron chi connectivity index (χ2n) is 7.17. The lowest BCUT2D eigenvalue weighted by Gasteiger charge is -2.22. The molecule has 0 bridgehead atoms. The normalized spacial score (nSPS) is 16.4. The van der Waals surface area contributed by atoms with Crippen LogP contribution in [0.3, 0.4) is 0 Å². The smallest absolute Gasteiger partial charge is 0.165 e. The summed E-state index contributed by atoms with van der Waals surface area (Å²) in [5, 5.41) is 9.66. The zero-order chi connectivity index (χ0) is 18.8. The molecule has 3 aromatic rings. The van der Waals surface area contributed by atoms with E-state index in [1.165, 1.54) is 5.56 Å². The number of carbonyl (C=O) groups is 1. The summed E-state index contributed by atoms with van der Waals surface area (Å²) in [6, 6.07) is 14.3. The molecule has 2 aromatic heterocycles. The molecule has 1 atom stereocenters. The minimum Gasteiger partial charge on any atom is -0.396 e. The number of fused-ring (bicyclic) bond motifs is 1. The van der Waals surface area contributed by atoms with E-state index in [9.17, 15) is 9.90 Å². The zero-order valence-corrected chi connectivity index (χ0v) is 15.6. The fraction of sp³-hybridized carbons (Fsp3) is 0.304. The number of Topliss-reactive ketones (excluding diaryl/α,β-unsaturated/α-hetero) is 1. The van der Waals surface area contributed by atoms with Crippen molar-refractivity contribution < 1.29 is 9.90 Å². The van der Waals surface area contributed by atoms with Gasteiger partial charge in [-0.25, -0.2) is 0 Å². The Morgan fingerprint density at radius 3 is 2.52 bits per heavy atom. The van der Waals surface area contributed by atoms with Crippen LogP contribution in [0.4, 0.5) is 0 Å². The van der Waals surface area contributed by atoms with Crippen LogP contribution in [0, 0.1) is 5.92 Å². The first-order valence-corrected chi connectivity index (χ1v) is 9.55. The van der Waals surface area contributed by atoms with Crippen molar-refractivity contribution in [3.63, 3.8) is 0 Å². The number of nitrogens with zero attached hydrogens (tertiary/aromatic N) is 2. The SMILES string of the molecule is CCn1c2c(c(Cc3ccccc3)c1-c1ccncc1)C(=O)CC(CO)C2. The Balaban J connectivity index is 1.95. The second-order valence-corrected chi connectivity index (χ2v) is 7.17. The number of carbonyl (C=O) groups excluding carboxylic acids is 1. The van der Waals surface area contributed by atoms with E-state index in [0.29, 0.717) is 6.42 Å². The minimum atomic E-state index is 0.0139. The minimum absolute atomic E-state index is 0.0139. The second kappa shape index (κ2) is 7.49. The van der Waals surface area contributed by atoms with Crippen molar-refractivity contribution in [2.45, 2.75) is 32.7 Å². The Morgan fingerprint density at radius 1 is 1.11 bits per heavy atom. The fourth-order valence-corrected chi connectivity index (χ4v) is 4.27. The van der Waals surface area contributed by atoms with Gasteiger partial charge in [0.25, 0.3) is 0 Å². The number of aliphatic hydroxyl groups excluding tert-OH is 1. The van der Waals surface area contributed by atoms with Crippen LogP contribution in [-0.4, -0.2) is 27.0 Å². The van der Waals surface area contributed by atoms with Gasteiger partial charge in [-0.3, -0.25) is 9.78 Å². The Kier molecular flexibility index (Phi) is 4.90. The van der Waals surface area contributed by atoms with Gasteiger partial charge in [-0.1, -0.05) is 30.3 Å². The van der Waals surface area contributed by atoms with Crippen LogP contribution >= 0.6 is 0 Å². The molecule has 138 valence electrons. The van der Waals surface area contributed by atoms with Crippen molar-refractivity contribution in [1.29, 1.82) is 0 Å². The largest absolute Gasteiger partial charge is 0.396 e. The summed E-state index contributed by atoms with van der Waals surface area (Å²) >= 11 is 0. The van der Waals surface area contributed by atoms with Crippen molar-refractivity contribution in [3.8, 4) is 11.3 Å². The van der Waals surface area contributed by atoms with Crippen LogP contribution in [-0.2, 0) is 19.4 Å². The van der Waals surface area contributed by atoms with Gasteiger partial charge in [-0.2, -0.15) is 0 Å². The van der Waals surface area contributed by atoms with E-state index in [2.05, 4.69) is 28.6 Å². The van der Waals surface area contributed by atoms with E-state index in [1.807, 2.05) is 30.3 Å². The average Bonchev–Trinajstić information content (AvgIpc) is 3.03. The highest BCUT2D eigenvalue weighted by Crippen LogP contribution is 2.38. The number of aliphatic hydroxyl groups is 1. The summed E-state index contributed by atoms with van der Waals surface area (Å²) in [7, 11) is 0. The van der Waals surface area contributed by atoms with Gasteiger partial charge in [-0.15, -0.1) is 0 Å². The lowest BCUT2D eigenvalue weighted by Crippen LogP contribution is -2.24. The first-order chi connectivity index (χ1) is 13.2. The van der Waals surface area contributed by atoms with Crippen LogP contribution in [0.15, 0.2) is 54.9 Å². The molecule has 4 heteroatoms. The van der Waals surface area contributed by atoms with Crippen molar-refractivity contribution in [1.82, 2.24) is 9.55 Å². The van der Waals surface area contributed by atoms with E-state index >= 15 is 0 Å². The van der Waals surface area contributed by atoms with E-state index < -0.39 is 0 Å². The molecule has 1 aliphatic rings. The third-order valence-corrected chi connectivity index (χ3v) is 5.46. The Labute approximate surface area is 159 Å². The molecule has 0 amide bonds. The first-order valence-electron chi connectivity index (χ1n) is 9.55. The Morgan fingerprint density at radius 2 is 1.85 bits per heavy atom. The van der Waals surface area contributed by atoms with E-state index in [1.54, 1.807) is 12.4 Å². The quantitative estimate of drug-likeness (QED) is 0.751. The third kappa shape index (κ3) is 3.21. The van der Waals surface area contributed by atoms with Gasteiger partial charge in [0, 0.05) is 55.2 Å². The molecular formula is C23H24N2O2. The molecule has 27 heavy (non-hydrogen) atoms. The molecule has 0 saturated carbocycles. The zero-order valence-electron chi connectivity index (χ0n) is 15.6. The molecule has 1 aliphatic carbocycles. The van der Waals surface area contributed by atoms with Crippen LogP contribution in [0.2, 0.25) is 0 Å². The number of aromatic nitrogens is 2. The van der Waals surface area contributed by atoms with Crippen molar-refractivity contribution >= 4 is 5.78 Å². The van der Waals surface area contributed by atoms with Gasteiger partial charge in [-0.05, 0) is 42.5 Å². The summed E-state index contributed by atoms with van der Waals surface area (Å²) in [5.74, 6) is 0.170. The lowest BCUT2D eigenvalue weighted by molar-refractivity contribution is 0.0916. The van der Waals surface area contributed by atoms with Gasteiger partial charge in [0.15, 0.2) is 5.78 Å². The topological polar surface area (TPSA) is 55.1 Å². The first kappa shape index (κ1) is 17.7. The predicted octanol–water partition coefficient (Wildman–Crippen LogP) is 3.90. The van der Waals surface area contributed by atoms with Crippen molar-refractivity contribution in [3.05, 3.63) is 77.2 Å². The maximum atomic E-state index is 13.0. The molecule has 0 aliphatic heterocycles. The van der Waals surface area contributed by atoms with Gasteiger partial charge >= 0.3 is 0 Å². The molecule has 0 spiro atoms. The summed E-state index contributed by atoms with van der Waals surface area (Å²) < 4.78 is 2.27. The van der Waals surface area contributed by atoms with E-state index in [4.69, 9.17) is 0 Å². The van der Waals surface area contributed by atoms with Crippen molar-refractivity contribution in [2.24, 2.45) is 5.92 Å². The van der Waals surface area contributed by atoms with Gasteiger partial charge in [0.1, 0.15) is 0 Å². The highest BCUT2D eigenvalue weighted by atomic mass is 16.3. The summed E-state index contributed by atoms with van der Waals surface area (Å²) in [6.45, 7) is 2.96. The third-order valence-electron chi connectivity index (χ3n) is 5.46. The highest BCUT2D eigenvalue weighted by molar-refractivity contribution is 6.02. The average molecular weight is 360 g/mol.